The van der Waals surface area contributed by atoms with Gasteiger partial charge in [-0.3, -0.25) is 14.9 Å². The van der Waals surface area contributed by atoms with Crippen molar-refractivity contribution in [3.63, 3.8) is 0 Å². The molecule has 0 bridgehead atoms. The number of anilines is 1. The highest BCUT2D eigenvalue weighted by molar-refractivity contribution is 5.95. The second-order valence-corrected chi connectivity index (χ2v) is 5.01. The molecule has 1 fully saturated rings. The van der Waals surface area contributed by atoms with E-state index < -0.39 is 0 Å². The van der Waals surface area contributed by atoms with Gasteiger partial charge in [-0.2, -0.15) is 0 Å². The molecule has 2 aromatic rings. The average Bonchev–Trinajstić information content (AvgIpc) is 3.22. The zero-order valence-corrected chi connectivity index (χ0v) is 11.1. The van der Waals surface area contributed by atoms with Crippen molar-refractivity contribution in [3.8, 4) is 0 Å². The Morgan fingerprint density at radius 3 is 2.85 bits per heavy atom. The molecule has 0 spiro atoms. The van der Waals surface area contributed by atoms with Crippen molar-refractivity contribution in [2.45, 2.75) is 19.8 Å². The van der Waals surface area contributed by atoms with Crippen LogP contribution < -0.4 is 10.9 Å². The summed E-state index contributed by atoms with van der Waals surface area (Å²) in [6.45, 7) is 5.59. The summed E-state index contributed by atoms with van der Waals surface area (Å²) in [5.41, 5.74) is 1.34. The van der Waals surface area contributed by atoms with Crippen LogP contribution in [0.2, 0.25) is 0 Å². The quantitative estimate of drug-likeness (QED) is 0.888. The van der Waals surface area contributed by atoms with E-state index in [-0.39, 0.29) is 23.3 Å². The van der Waals surface area contributed by atoms with Crippen molar-refractivity contribution in [1.29, 1.82) is 0 Å². The van der Waals surface area contributed by atoms with Crippen molar-refractivity contribution >= 4 is 28.3 Å². The number of carbonyl (C=O) groups is 1. The summed E-state index contributed by atoms with van der Waals surface area (Å²) in [4.78, 5) is 34.7. The van der Waals surface area contributed by atoms with Gasteiger partial charge in [-0.15, -0.1) is 0 Å². The van der Waals surface area contributed by atoms with Gasteiger partial charge in [0.15, 0.2) is 0 Å². The summed E-state index contributed by atoms with van der Waals surface area (Å²) in [5, 5.41) is 3.09. The van der Waals surface area contributed by atoms with E-state index in [0.29, 0.717) is 22.2 Å². The Hall–Kier alpha value is -2.50. The van der Waals surface area contributed by atoms with Crippen LogP contribution in [0, 0.1) is 5.92 Å². The molecule has 2 heterocycles. The molecule has 20 heavy (non-hydrogen) atoms. The number of fused-ring (bicyclic) bond motifs is 1. The number of hydrogen-bond donors (Lipinski definition) is 2. The predicted octanol–water partition coefficient (Wildman–Crippen LogP) is 1.70. The Bertz CT molecular complexity index is 774. The van der Waals surface area contributed by atoms with Crippen LogP contribution in [-0.2, 0) is 4.79 Å². The molecule has 6 heteroatoms. The van der Waals surface area contributed by atoms with Crippen molar-refractivity contribution in [3.05, 3.63) is 34.9 Å². The number of rotatable bonds is 3. The summed E-state index contributed by atoms with van der Waals surface area (Å²) in [7, 11) is 0. The van der Waals surface area contributed by atoms with E-state index in [0.717, 1.165) is 12.8 Å². The lowest BCUT2D eigenvalue weighted by Gasteiger charge is -2.08. The maximum Gasteiger partial charge on any atom is 0.259 e. The lowest BCUT2D eigenvalue weighted by atomic mass is 10.1. The summed E-state index contributed by atoms with van der Waals surface area (Å²) < 4.78 is 0. The third-order valence-electron chi connectivity index (χ3n) is 3.21. The Morgan fingerprint density at radius 2 is 2.20 bits per heavy atom. The van der Waals surface area contributed by atoms with Gasteiger partial charge in [-0.1, -0.05) is 6.58 Å². The number of carbonyl (C=O) groups excluding carboxylic acids is 1. The number of aromatic amines is 1. The van der Waals surface area contributed by atoms with E-state index in [9.17, 15) is 9.59 Å². The van der Waals surface area contributed by atoms with Gasteiger partial charge in [0.05, 0.1) is 16.6 Å². The number of H-pyrrole nitrogens is 1. The maximum absolute atomic E-state index is 11.9. The Kier molecular flexibility index (Phi) is 2.85. The fraction of sp³-hybridized carbons (Fsp3) is 0.286. The van der Waals surface area contributed by atoms with Gasteiger partial charge in [-0.25, -0.2) is 9.97 Å². The molecule has 0 unspecified atom stereocenters. The van der Waals surface area contributed by atoms with Gasteiger partial charge in [0.1, 0.15) is 0 Å². The van der Waals surface area contributed by atoms with E-state index in [2.05, 4.69) is 26.8 Å². The number of nitrogens with one attached hydrogen (secondary N) is 2. The lowest BCUT2D eigenvalue weighted by Crippen LogP contribution is -2.17. The highest BCUT2D eigenvalue weighted by Gasteiger charge is 2.30. The molecule has 0 atom stereocenters. The standard InChI is InChI=1S/C14H14N4O2/c1-7(2)11-10-9(5-6-15-13(10)20)16-14(17-11)18-12(19)8-3-4-8/h5-6,8H,1,3-4H2,2H3,(H,15,20)(H,16,17,18,19). The number of aromatic nitrogens is 3. The molecule has 6 nitrogen and oxygen atoms in total. The van der Waals surface area contributed by atoms with E-state index in [1.165, 1.54) is 6.20 Å². The van der Waals surface area contributed by atoms with Crippen LogP contribution in [0.3, 0.4) is 0 Å². The first-order valence-electron chi connectivity index (χ1n) is 6.42. The number of amides is 1. The third kappa shape index (κ3) is 2.20. The third-order valence-corrected chi connectivity index (χ3v) is 3.21. The van der Waals surface area contributed by atoms with Crippen molar-refractivity contribution in [2.75, 3.05) is 5.32 Å². The number of hydrogen-bond acceptors (Lipinski definition) is 4. The van der Waals surface area contributed by atoms with Crippen molar-refractivity contribution in [2.24, 2.45) is 5.92 Å². The van der Waals surface area contributed by atoms with E-state index in [1.807, 2.05) is 0 Å². The van der Waals surface area contributed by atoms with E-state index in [1.54, 1.807) is 13.0 Å². The van der Waals surface area contributed by atoms with Crippen LogP contribution in [-0.4, -0.2) is 20.9 Å². The minimum atomic E-state index is -0.263. The Morgan fingerprint density at radius 1 is 1.45 bits per heavy atom. The molecule has 0 saturated heterocycles. The van der Waals surface area contributed by atoms with Crippen LogP contribution >= 0.6 is 0 Å². The molecular weight excluding hydrogens is 256 g/mol. The molecular formula is C14H14N4O2. The van der Waals surface area contributed by atoms with Gasteiger partial charge in [0, 0.05) is 12.1 Å². The molecule has 0 radical (unpaired) electrons. The van der Waals surface area contributed by atoms with Crippen molar-refractivity contribution < 1.29 is 4.79 Å². The monoisotopic (exact) mass is 270 g/mol. The first-order chi connectivity index (χ1) is 9.56. The lowest BCUT2D eigenvalue weighted by molar-refractivity contribution is -0.117. The molecule has 2 N–H and O–H groups in total. The second-order valence-electron chi connectivity index (χ2n) is 5.01. The molecule has 1 saturated carbocycles. The second kappa shape index (κ2) is 4.56. The van der Waals surface area contributed by atoms with Gasteiger partial charge in [-0.05, 0) is 31.4 Å². The summed E-state index contributed by atoms with van der Waals surface area (Å²) in [5.74, 6) is 0.224. The van der Waals surface area contributed by atoms with Gasteiger partial charge in [0.2, 0.25) is 11.9 Å². The van der Waals surface area contributed by atoms with Crippen LogP contribution in [0.15, 0.2) is 23.6 Å². The minimum absolute atomic E-state index is 0.0677. The molecule has 1 aliphatic rings. The Balaban J connectivity index is 2.13. The number of nitrogens with zero attached hydrogens (tertiary/aromatic N) is 2. The largest absolute Gasteiger partial charge is 0.328 e. The molecule has 102 valence electrons. The normalized spacial score (nSPS) is 14.2. The Labute approximate surface area is 115 Å². The summed E-state index contributed by atoms with van der Waals surface area (Å²) >= 11 is 0. The fourth-order valence-corrected chi connectivity index (χ4v) is 2.01. The van der Waals surface area contributed by atoms with Gasteiger partial charge >= 0.3 is 0 Å². The smallest absolute Gasteiger partial charge is 0.259 e. The van der Waals surface area contributed by atoms with Crippen LogP contribution in [0.1, 0.15) is 25.5 Å². The number of pyridine rings is 1. The van der Waals surface area contributed by atoms with Gasteiger partial charge in [0.25, 0.3) is 5.56 Å². The van der Waals surface area contributed by atoms with Crippen LogP contribution in [0.5, 0.6) is 0 Å². The molecule has 2 aromatic heterocycles. The average molecular weight is 270 g/mol. The zero-order chi connectivity index (χ0) is 14.3. The first kappa shape index (κ1) is 12.5. The highest BCUT2D eigenvalue weighted by Crippen LogP contribution is 2.30. The molecule has 0 aliphatic heterocycles. The number of allylic oxidation sites excluding steroid dienone is 1. The predicted molar refractivity (Wildman–Crippen MR) is 76.2 cm³/mol. The molecule has 0 aromatic carbocycles. The summed E-state index contributed by atoms with van der Waals surface area (Å²) in [6, 6.07) is 1.68. The highest BCUT2D eigenvalue weighted by atomic mass is 16.2. The fourth-order valence-electron chi connectivity index (χ4n) is 2.01. The minimum Gasteiger partial charge on any atom is -0.328 e. The molecule has 1 aliphatic carbocycles. The van der Waals surface area contributed by atoms with Gasteiger partial charge < -0.3 is 4.98 Å². The topological polar surface area (TPSA) is 87.7 Å². The van der Waals surface area contributed by atoms with Crippen LogP contribution in [0.4, 0.5) is 5.95 Å². The van der Waals surface area contributed by atoms with E-state index >= 15 is 0 Å². The van der Waals surface area contributed by atoms with Crippen molar-refractivity contribution in [1.82, 2.24) is 15.0 Å². The zero-order valence-electron chi connectivity index (χ0n) is 11.1. The maximum atomic E-state index is 11.9. The van der Waals surface area contributed by atoms with E-state index in [4.69, 9.17) is 0 Å². The van der Waals surface area contributed by atoms with Crippen LogP contribution in [0.25, 0.3) is 16.5 Å². The SMILES string of the molecule is C=C(C)c1nc(NC(=O)C2CC2)nc2cc[nH]c(=O)c12. The molecule has 1 amide bonds. The first-order valence-corrected chi connectivity index (χ1v) is 6.42. The molecule has 3 rings (SSSR count). The summed E-state index contributed by atoms with van der Waals surface area (Å²) in [6.07, 6.45) is 3.34.